The summed E-state index contributed by atoms with van der Waals surface area (Å²) in [6, 6.07) is 14.6. The van der Waals surface area contributed by atoms with Gasteiger partial charge in [-0.25, -0.2) is 4.79 Å². The summed E-state index contributed by atoms with van der Waals surface area (Å²) in [5.74, 6) is -0.141. The molecule has 0 atom stereocenters. The lowest BCUT2D eigenvalue weighted by Crippen LogP contribution is -2.44. The second kappa shape index (κ2) is 7.45. The number of rotatable bonds is 3. The van der Waals surface area contributed by atoms with Crippen molar-refractivity contribution in [2.45, 2.75) is 6.42 Å². The van der Waals surface area contributed by atoms with Crippen molar-refractivity contribution in [3.63, 3.8) is 0 Å². The maximum atomic E-state index is 11.3. The molecule has 0 bridgehead atoms. The normalized spacial score (nSPS) is 17.5. The fraction of sp³-hybridized carbons (Fsp3) is 0.318. The summed E-state index contributed by atoms with van der Waals surface area (Å²) in [6.07, 6.45) is 2.14. The molecule has 0 spiro atoms. The van der Waals surface area contributed by atoms with Crippen molar-refractivity contribution in [3.05, 3.63) is 53.6 Å². The van der Waals surface area contributed by atoms with E-state index in [1.807, 2.05) is 18.2 Å². The van der Waals surface area contributed by atoms with E-state index in [0.29, 0.717) is 18.6 Å². The molecule has 1 saturated heterocycles. The number of aliphatic carboxylic acids is 1. The summed E-state index contributed by atoms with van der Waals surface area (Å²) in [5.41, 5.74) is 4.63. The van der Waals surface area contributed by atoms with Gasteiger partial charge < -0.3 is 19.6 Å². The van der Waals surface area contributed by atoms with Gasteiger partial charge in [-0.2, -0.15) is 0 Å². The lowest BCUT2D eigenvalue weighted by atomic mass is 10.0. The predicted molar refractivity (Wildman–Crippen MR) is 107 cm³/mol. The Morgan fingerprint density at radius 2 is 1.70 bits per heavy atom. The third-order valence-corrected chi connectivity index (χ3v) is 5.31. The van der Waals surface area contributed by atoms with E-state index in [2.05, 4.69) is 41.1 Å². The van der Waals surface area contributed by atoms with Gasteiger partial charge in [-0.1, -0.05) is 18.2 Å². The number of carboxylic acid groups (broad SMARTS) is 1. The average Bonchev–Trinajstić information content (AvgIpc) is 2.91. The van der Waals surface area contributed by atoms with Crippen molar-refractivity contribution in [3.8, 4) is 16.9 Å². The molecule has 5 nitrogen and oxygen atoms in total. The standard InChI is InChI=1S/C22H24N2O3/c1-23-9-11-24(12-10-23)20-5-2-16(3-6-20)17-4-7-21-19(14-17)15-18(22(25)26)8-13-27-21/h2-7,14-15H,8-13H2,1H3,(H,25,26). The lowest BCUT2D eigenvalue weighted by Gasteiger charge is -2.34. The summed E-state index contributed by atoms with van der Waals surface area (Å²) < 4.78 is 5.70. The molecular weight excluding hydrogens is 340 g/mol. The molecule has 1 N–H and O–H groups in total. The van der Waals surface area contributed by atoms with Crippen LogP contribution in [-0.4, -0.2) is 55.8 Å². The Hall–Kier alpha value is -2.79. The van der Waals surface area contributed by atoms with Crippen molar-refractivity contribution in [2.75, 3.05) is 44.7 Å². The van der Waals surface area contributed by atoms with Crippen molar-refractivity contribution < 1.29 is 14.6 Å². The van der Waals surface area contributed by atoms with Gasteiger partial charge >= 0.3 is 5.97 Å². The summed E-state index contributed by atoms with van der Waals surface area (Å²) in [5, 5.41) is 9.31. The quantitative estimate of drug-likeness (QED) is 0.905. The smallest absolute Gasteiger partial charge is 0.331 e. The first-order valence-corrected chi connectivity index (χ1v) is 9.35. The molecule has 2 heterocycles. The molecule has 2 aliphatic heterocycles. The zero-order valence-corrected chi connectivity index (χ0v) is 15.5. The van der Waals surface area contributed by atoms with Gasteiger partial charge in [0.1, 0.15) is 5.75 Å². The highest BCUT2D eigenvalue weighted by Crippen LogP contribution is 2.32. The number of ether oxygens (including phenoxy) is 1. The summed E-state index contributed by atoms with van der Waals surface area (Å²) in [7, 11) is 2.16. The molecule has 2 aromatic rings. The molecule has 0 saturated carbocycles. The number of hydrogen-bond acceptors (Lipinski definition) is 4. The molecule has 2 aromatic carbocycles. The molecule has 0 unspecified atom stereocenters. The van der Waals surface area contributed by atoms with Crippen LogP contribution in [0.1, 0.15) is 12.0 Å². The van der Waals surface area contributed by atoms with E-state index in [0.717, 1.165) is 48.6 Å². The highest BCUT2D eigenvalue weighted by molar-refractivity contribution is 5.93. The molecular formula is C22H24N2O3. The number of fused-ring (bicyclic) bond motifs is 1. The van der Waals surface area contributed by atoms with Gasteiger partial charge in [0.05, 0.1) is 6.61 Å². The zero-order chi connectivity index (χ0) is 18.8. The maximum absolute atomic E-state index is 11.3. The Morgan fingerprint density at radius 3 is 2.41 bits per heavy atom. The Bertz CT molecular complexity index is 866. The number of carbonyl (C=O) groups is 1. The highest BCUT2D eigenvalue weighted by Gasteiger charge is 2.16. The van der Waals surface area contributed by atoms with Gasteiger partial charge in [-0.3, -0.25) is 0 Å². The van der Waals surface area contributed by atoms with E-state index >= 15 is 0 Å². The first-order valence-electron chi connectivity index (χ1n) is 9.35. The van der Waals surface area contributed by atoms with Crippen LogP contribution in [0.2, 0.25) is 0 Å². The van der Waals surface area contributed by atoms with E-state index in [1.165, 1.54) is 5.69 Å². The van der Waals surface area contributed by atoms with Gasteiger partial charge in [-0.05, 0) is 48.5 Å². The highest BCUT2D eigenvalue weighted by atomic mass is 16.5. The number of likely N-dealkylation sites (N-methyl/N-ethyl adjacent to an activating group) is 1. The first-order chi connectivity index (χ1) is 13.1. The van der Waals surface area contributed by atoms with E-state index in [4.69, 9.17) is 4.74 Å². The number of anilines is 1. The monoisotopic (exact) mass is 364 g/mol. The van der Waals surface area contributed by atoms with Crippen molar-refractivity contribution >= 4 is 17.7 Å². The molecule has 0 aliphatic carbocycles. The topological polar surface area (TPSA) is 53.0 Å². The maximum Gasteiger partial charge on any atom is 0.331 e. The van der Waals surface area contributed by atoms with Crippen LogP contribution in [0.4, 0.5) is 5.69 Å². The van der Waals surface area contributed by atoms with Crippen LogP contribution < -0.4 is 9.64 Å². The minimum Gasteiger partial charge on any atom is -0.493 e. The second-order valence-corrected chi connectivity index (χ2v) is 7.16. The fourth-order valence-corrected chi connectivity index (χ4v) is 3.60. The van der Waals surface area contributed by atoms with E-state index in [9.17, 15) is 9.90 Å². The van der Waals surface area contributed by atoms with Crippen molar-refractivity contribution in [1.29, 1.82) is 0 Å². The van der Waals surface area contributed by atoms with Gasteiger partial charge in [0.15, 0.2) is 0 Å². The molecule has 4 rings (SSSR count). The fourth-order valence-electron chi connectivity index (χ4n) is 3.60. The van der Waals surface area contributed by atoms with Gasteiger partial charge in [-0.15, -0.1) is 0 Å². The van der Waals surface area contributed by atoms with Crippen LogP contribution in [0, 0.1) is 0 Å². The average molecular weight is 364 g/mol. The van der Waals surface area contributed by atoms with Crippen molar-refractivity contribution in [2.24, 2.45) is 0 Å². The Kier molecular flexibility index (Phi) is 4.86. The molecule has 0 aromatic heterocycles. The van der Waals surface area contributed by atoms with Crippen LogP contribution >= 0.6 is 0 Å². The van der Waals surface area contributed by atoms with Gasteiger partial charge in [0.25, 0.3) is 0 Å². The summed E-state index contributed by atoms with van der Waals surface area (Å²) >= 11 is 0. The van der Waals surface area contributed by atoms with Crippen molar-refractivity contribution in [1.82, 2.24) is 4.90 Å². The van der Waals surface area contributed by atoms with E-state index < -0.39 is 5.97 Å². The molecule has 5 heteroatoms. The van der Waals surface area contributed by atoms with E-state index in [-0.39, 0.29) is 0 Å². The summed E-state index contributed by atoms with van der Waals surface area (Å²) in [4.78, 5) is 16.1. The predicted octanol–water partition coefficient (Wildman–Crippen LogP) is 3.36. The SMILES string of the molecule is CN1CCN(c2ccc(-c3ccc4c(c3)C=C(C(=O)O)CCO4)cc2)CC1. The molecule has 27 heavy (non-hydrogen) atoms. The Balaban J connectivity index is 1.59. The largest absolute Gasteiger partial charge is 0.493 e. The number of hydrogen-bond donors (Lipinski definition) is 1. The number of nitrogens with zero attached hydrogens (tertiary/aromatic N) is 2. The molecule has 0 amide bonds. The molecule has 1 fully saturated rings. The second-order valence-electron chi connectivity index (χ2n) is 7.16. The van der Waals surface area contributed by atoms with Crippen LogP contribution in [0.15, 0.2) is 48.0 Å². The number of piperazine rings is 1. The number of benzene rings is 2. The van der Waals surface area contributed by atoms with Crippen LogP contribution in [0.3, 0.4) is 0 Å². The van der Waals surface area contributed by atoms with Gasteiger partial charge in [0, 0.05) is 49.4 Å². The minimum atomic E-state index is -0.881. The molecule has 0 radical (unpaired) electrons. The minimum absolute atomic E-state index is 0.385. The molecule has 2 aliphatic rings. The Labute approximate surface area is 159 Å². The van der Waals surface area contributed by atoms with Crippen LogP contribution in [0.25, 0.3) is 17.2 Å². The third kappa shape index (κ3) is 3.83. The zero-order valence-electron chi connectivity index (χ0n) is 15.5. The van der Waals surface area contributed by atoms with E-state index in [1.54, 1.807) is 6.08 Å². The Morgan fingerprint density at radius 1 is 1.00 bits per heavy atom. The summed E-state index contributed by atoms with van der Waals surface area (Å²) in [6.45, 7) is 4.67. The van der Waals surface area contributed by atoms with Crippen LogP contribution in [0.5, 0.6) is 5.75 Å². The van der Waals surface area contributed by atoms with Gasteiger partial charge in [0.2, 0.25) is 0 Å². The molecule has 140 valence electrons. The first kappa shape index (κ1) is 17.6. The lowest BCUT2D eigenvalue weighted by molar-refractivity contribution is -0.132. The third-order valence-electron chi connectivity index (χ3n) is 5.31. The number of carboxylic acids is 1. The van der Waals surface area contributed by atoms with Crippen LogP contribution in [-0.2, 0) is 4.79 Å².